The largest absolute Gasteiger partial charge is 0.329 e. The van der Waals surface area contributed by atoms with E-state index in [0.717, 1.165) is 11.1 Å². The third kappa shape index (κ3) is 2.87. The van der Waals surface area contributed by atoms with Gasteiger partial charge in [0.2, 0.25) is 0 Å². The molecule has 1 saturated heterocycles. The Balaban J connectivity index is 2.21. The summed E-state index contributed by atoms with van der Waals surface area (Å²) in [5.74, 6) is 2.23. The molecule has 2 nitrogen and oxygen atoms in total. The standard InChI is InChI=1S/C14H21FN2S/c1-10-7-11(15)3-4-13(10)14(8-16)17(2)12-5-6-18-9-12/h3-4,7,12,14H,5-6,8-9,16H2,1-2H3. The molecule has 1 heterocycles. The molecule has 0 aliphatic carbocycles. The average molecular weight is 268 g/mol. The molecular formula is C14H21FN2S. The number of likely N-dealkylation sites (N-methyl/N-ethyl adjacent to an activating group) is 1. The zero-order chi connectivity index (χ0) is 13.1. The molecule has 18 heavy (non-hydrogen) atoms. The molecule has 2 unspecified atom stereocenters. The van der Waals surface area contributed by atoms with E-state index in [9.17, 15) is 4.39 Å². The number of rotatable bonds is 4. The third-order valence-electron chi connectivity index (χ3n) is 3.79. The van der Waals surface area contributed by atoms with E-state index in [1.54, 1.807) is 6.07 Å². The Morgan fingerprint density at radius 1 is 1.56 bits per heavy atom. The third-order valence-corrected chi connectivity index (χ3v) is 4.93. The zero-order valence-electron chi connectivity index (χ0n) is 11.0. The quantitative estimate of drug-likeness (QED) is 0.910. The molecule has 2 atom stereocenters. The molecule has 0 amide bonds. The van der Waals surface area contributed by atoms with Gasteiger partial charge in [-0.2, -0.15) is 11.8 Å². The van der Waals surface area contributed by atoms with Crippen LogP contribution in [0.4, 0.5) is 4.39 Å². The van der Waals surface area contributed by atoms with Crippen molar-refractivity contribution in [3.63, 3.8) is 0 Å². The van der Waals surface area contributed by atoms with Crippen LogP contribution in [0, 0.1) is 12.7 Å². The summed E-state index contributed by atoms with van der Waals surface area (Å²) in [7, 11) is 2.14. The van der Waals surface area contributed by atoms with E-state index in [2.05, 4.69) is 11.9 Å². The van der Waals surface area contributed by atoms with Crippen LogP contribution < -0.4 is 5.73 Å². The number of aryl methyl sites for hydroxylation is 1. The second-order valence-corrected chi connectivity index (χ2v) is 6.09. The van der Waals surface area contributed by atoms with E-state index < -0.39 is 0 Å². The van der Waals surface area contributed by atoms with Crippen molar-refractivity contribution in [3.05, 3.63) is 35.1 Å². The normalized spacial score (nSPS) is 21.5. The number of halogens is 1. The molecular weight excluding hydrogens is 247 g/mol. The van der Waals surface area contributed by atoms with Crippen molar-refractivity contribution >= 4 is 11.8 Å². The number of thioether (sulfide) groups is 1. The van der Waals surface area contributed by atoms with Gasteiger partial charge in [-0.15, -0.1) is 0 Å². The first-order valence-corrected chi connectivity index (χ1v) is 7.54. The van der Waals surface area contributed by atoms with Crippen molar-refractivity contribution in [3.8, 4) is 0 Å². The fourth-order valence-electron chi connectivity index (χ4n) is 2.62. The van der Waals surface area contributed by atoms with Crippen molar-refractivity contribution in [2.45, 2.75) is 25.4 Å². The maximum atomic E-state index is 13.2. The highest BCUT2D eigenvalue weighted by atomic mass is 32.2. The van der Waals surface area contributed by atoms with Crippen molar-refractivity contribution in [2.24, 2.45) is 5.73 Å². The van der Waals surface area contributed by atoms with Gasteiger partial charge in [-0.05, 0) is 49.4 Å². The predicted molar refractivity (Wildman–Crippen MR) is 76.4 cm³/mol. The summed E-state index contributed by atoms with van der Waals surface area (Å²) >= 11 is 2.00. The molecule has 100 valence electrons. The molecule has 2 N–H and O–H groups in total. The average Bonchev–Trinajstić information content (AvgIpc) is 2.86. The van der Waals surface area contributed by atoms with Crippen LogP contribution in [0.2, 0.25) is 0 Å². The van der Waals surface area contributed by atoms with Crippen LogP contribution in [0.25, 0.3) is 0 Å². The van der Waals surface area contributed by atoms with Crippen LogP contribution in [-0.4, -0.2) is 36.0 Å². The van der Waals surface area contributed by atoms with Gasteiger partial charge in [0.15, 0.2) is 0 Å². The summed E-state index contributed by atoms with van der Waals surface area (Å²) < 4.78 is 13.2. The summed E-state index contributed by atoms with van der Waals surface area (Å²) in [5.41, 5.74) is 8.08. The van der Waals surface area contributed by atoms with Crippen LogP contribution in [0.15, 0.2) is 18.2 Å². The van der Waals surface area contributed by atoms with E-state index >= 15 is 0 Å². The van der Waals surface area contributed by atoms with Gasteiger partial charge in [0.05, 0.1) is 0 Å². The first-order valence-electron chi connectivity index (χ1n) is 6.39. The van der Waals surface area contributed by atoms with E-state index in [1.807, 2.05) is 24.8 Å². The second-order valence-electron chi connectivity index (χ2n) is 4.94. The zero-order valence-corrected chi connectivity index (χ0v) is 11.8. The Bertz CT molecular complexity index is 405. The summed E-state index contributed by atoms with van der Waals surface area (Å²) in [4.78, 5) is 2.36. The second kappa shape index (κ2) is 6.04. The Morgan fingerprint density at radius 2 is 2.33 bits per heavy atom. The lowest BCUT2D eigenvalue weighted by Gasteiger charge is -2.33. The van der Waals surface area contributed by atoms with Crippen molar-refractivity contribution in [2.75, 3.05) is 25.1 Å². The highest BCUT2D eigenvalue weighted by Gasteiger charge is 2.27. The van der Waals surface area contributed by atoms with E-state index in [-0.39, 0.29) is 11.9 Å². The lowest BCUT2D eigenvalue weighted by Crippen LogP contribution is -2.39. The Kier molecular flexibility index (Phi) is 4.65. The molecule has 1 aromatic carbocycles. The Hall–Kier alpha value is -0.580. The summed E-state index contributed by atoms with van der Waals surface area (Å²) in [5, 5.41) is 0. The van der Waals surface area contributed by atoms with Gasteiger partial charge in [-0.25, -0.2) is 4.39 Å². The van der Waals surface area contributed by atoms with Crippen LogP contribution in [-0.2, 0) is 0 Å². The molecule has 0 spiro atoms. The van der Waals surface area contributed by atoms with E-state index in [0.29, 0.717) is 12.6 Å². The molecule has 1 fully saturated rings. The molecule has 0 bridgehead atoms. The van der Waals surface area contributed by atoms with Crippen LogP contribution >= 0.6 is 11.8 Å². The SMILES string of the molecule is Cc1cc(F)ccc1C(CN)N(C)C1CCSC1. The summed E-state index contributed by atoms with van der Waals surface area (Å²) in [6.07, 6.45) is 1.22. The number of benzene rings is 1. The lowest BCUT2D eigenvalue weighted by atomic mass is 9.98. The first kappa shape index (κ1) is 13.8. The van der Waals surface area contributed by atoms with Gasteiger partial charge in [-0.3, -0.25) is 4.90 Å². The summed E-state index contributed by atoms with van der Waals surface area (Å²) in [6, 6.07) is 5.78. The minimum atomic E-state index is -0.175. The number of hydrogen-bond donors (Lipinski definition) is 1. The van der Waals surface area contributed by atoms with E-state index in [1.165, 1.54) is 24.0 Å². The monoisotopic (exact) mass is 268 g/mol. The molecule has 4 heteroatoms. The number of nitrogens with zero attached hydrogens (tertiary/aromatic N) is 1. The van der Waals surface area contributed by atoms with E-state index in [4.69, 9.17) is 5.73 Å². The summed E-state index contributed by atoms with van der Waals surface area (Å²) in [6.45, 7) is 2.53. The van der Waals surface area contributed by atoms with Gasteiger partial charge in [0.25, 0.3) is 0 Å². The molecule has 2 rings (SSSR count). The van der Waals surface area contributed by atoms with Gasteiger partial charge >= 0.3 is 0 Å². The molecule has 1 aromatic rings. The van der Waals surface area contributed by atoms with Gasteiger partial charge in [0, 0.05) is 24.4 Å². The van der Waals surface area contributed by atoms with Gasteiger partial charge < -0.3 is 5.73 Å². The highest BCUT2D eigenvalue weighted by Crippen LogP contribution is 2.29. The van der Waals surface area contributed by atoms with Crippen LogP contribution in [0.5, 0.6) is 0 Å². The van der Waals surface area contributed by atoms with Gasteiger partial charge in [-0.1, -0.05) is 6.07 Å². The maximum Gasteiger partial charge on any atom is 0.123 e. The van der Waals surface area contributed by atoms with Crippen molar-refractivity contribution in [1.82, 2.24) is 4.90 Å². The van der Waals surface area contributed by atoms with Crippen molar-refractivity contribution in [1.29, 1.82) is 0 Å². The Morgan fingerprint density at radius 3 is 2.89 bits per heavy atom. The number of hydrogen-bond acceptors (Lipinski definition) is 3. The first-order chi connectivity index (χ1) is 8.63. The van der Waals surface area contributed by atoms with Crippen LogP contribution in [0.3, 0.4) is 0 Å². The highest BCUT2D eigenvalue weighted by molar-refractivity contribution is 7.99. The Labute approximate surface area is 113 Å². The molecule has 1 aliphatic heterocycles. The minimum Gasteiger partial charge on any atom is -0.329 e. The van der Waals surface area contributed by atoms with Crippen molar-refractivity contribution < 1.29 is 4.39 Å². The maximum absolute atomic E-state index is 13.2. The fourth-order valence-corrected chi connectivity index (χ4v) is 3.90. The molecule has 1 aliphatic rings. The topological polar surface area (TPSA) is 29.3 Å². The minimum absolute atomic E-state index is 0.175. The number of nitrogens with two attached hydrogens (primary N) is 1. The molecule has 0 radical (unpaired) electrons. The smallest absolute Gasteiger partial charge is 0.123 e. The predicted octanol–water partition coefficient (Wildman–Crippen LogP) is 2.57. The molecule has 0 aromatic heterocycles. The fraction of sp³-hybridized carbons (Fsp3) is 0.571. The van der Waals surface area contributed by atoms with Gasteiger partial charge in [0.1, 0.15) is 5.82 Å². The molecule has 0 saturated carbocycles. The lowest BCUT2D eigenvalue weighted by molar-refractivity contribution is 0.192. The van der Waals surface area contributed by atoms with Crippen LogP contribution in [0.1, 0.15) is 23.6 Å².